The van der Waals surface area contributed by atoms with E-state index in [1.165, 1.54) is 22.3 Å². The summed E-state index contributed by atoms with van der Waals surface area (Å²) in [6, 6.07) is 37.3. The molecule has 0 saturated heterocycles. The molecule has 7 aromatic rings. The van der Waals surface area contributed by atoms with Crippen molar-refractivity contribution in [2.45, 2.75) is 26.2 Å². The van der Waals surface area contributed by atoms with Crippen LogP contribution in [0.25, 0.3) is 33.0 Å². The van der Waals surface area contributed by atoms with Crippen LogP contribution in [0, 0.1) is 0 Å². The Labute approximate surface area is 435 Å². The van der Waals surface area contributed by atoms with Gasteiger partial charge in [-0.2, -0.15) is 0 Å². The molecule has 0 fully saturated rings. The summed E-state index contributed by atoms with van der Waals surface area (Å²) in [4.78, 5) is 0. The van der Waals surface area contributed by atoms with Gasteiger partial charge in [0.15, 0.2) is 75.8 Å². The molecule has 0 radical (unpaired) electrons. The Morgan fingerprint density at radius 2 is 0.438 bits per heavy atom. The molecule has 15 rings (SSSR count). The summed E-state index contributed by atoms with van der Waals surface area (Å²) < 4.78 is 270. The summed E-state index contributed by atoms with van der Waals surface area (Å²) in [5.74, 6) is 3.36. The van der Waals surface area contributed by atoms with Crippen LogP contribution in [-0.2, 0) is 26.2 Å². The van der Waals surface area contributed by atoms with Crippen molar-refractivity contribution >= 4 is 42.0 Å². The third-order valence-electron chi connectivity index (χ3n) is 9.35. The van der Waals surface area contributed by atoms with E-state index in [0.29, 0.717) is 26.4 Å². The van der Waals surface area contributed by atoms with Gasteiger partial charge in [-0.1, -0.05) is 24.3 Å². The number of ether oxygens (including phenoxy) is 4. The molecule has 0 aliphatic carbocycles. The summed E-state index contributed by atoms with van der Waals surface area (Å²) in [7, 11) is -42.6. The van der Waals surface area contributed by atoms with Gasteiger partial charge in [0.2, 0.25) is 0 Å². The van der Waals surface area contributed by atoms with Gasteiger partial charge < -0.3 is 18.9 Å². The SMILES string of the molecule is F[P-](F)(F)(F)(F)F.F[P-](F)(F)(F)(F)F.F[P-](F)(F)(F)(F)F.F[P-](F)(F)(F)(F)F.c1cc2c3cccc(c3c1)OCC[n+]1ccc(cc1)-c1cc[n+](cc1)CCOc1ccc(cc1)OCC[n+]1ccc(cc1)-c1cc[n+](cc1)CCO2. The average molecular weight is 1270 g/mol. The molecule has 450 valence electrons. The molecule has 8 nitrogen and oxygen atoms in total. The summed E-state index contributed by atoms with van der Waals surface area (Å²) in [5, 5.41) is 2.09. The number of halogens is 24. The van der Waals surface area contributed by atoms with Crippen LogP contribution in [-0.4, -0.2) is 26.4 Å². The Hall–Kier alpha value is -6.24. The van der Waals surface area contributed by atoms with E-state index in [1.54, 1.807) is 0 Å². The topological polar surface area (TPSA) is 52.4 Å². The zero-order chi connectivity index (χ0) is 60.6. The van der Waals surface area contributed by atoms with E-state index >= 15 is 0 Å². The fourth-order valence-electron chi connectivity index (χ4n) is 6.39. The van der Waals surface area contributed by atoms with E-state index < -0.39 is 31.2 Å². The van der Waals surface area contributed by atoms with Crippen LogP contribution in [0.15, 0.2) is 159 Å². The van der Waals surface area contributed by atoms with Crippen molar-refractivity contribution in [3.05, 3.63) is 159 Å². The molecule has 8 aliphatic heterocycles. The van der Waals surface area contributed by atoms with Gasteiger partial charge in [0.05, 0.1) is 0 Å². The zero-order valence-corrected chi connectivity index (χ0v) is 43.5. The molecule has 0 spiro atoms. The first kappa shape index (κ1) is 66.3. The summed E-state index contributed by atoms with van der Waals surface area (Å²) in [6.45, 7) is 5.21. The smallest absolute Gasteiger partial charge is 0.182 e. The Morgan fingerprint density at radius 3 is 0.637 bits per heavy atom. The molecule has 0 amide bonds. The normalized spacial score (nSPS) is 17.1. The molecule has 0 saturated carbocycles. The maximum Gasteiger partial charge on any atom is 0.182 e. The number of hydrogen-bond donors (Lipinski definition) is 0. The molecular formula is C44H42F24N4O4P4. The average Bonchev–Trinajstić information content (AvgIpc) is 3.26. The fraction of sp³-hybridized carbons (Fsp3) is 0.182. The molecule has 14 bridgehead atoms. The van der Waals surface area contributed by atoms with Gasteiger partial charge in [-0.25, -0.2) is 18.3 Å². The predicted octanol–water partition coefficient (Wildman–Crippen LogP) is 19.5. The number of benzene rings is 3. The van der Waals surface area contributed by atoms with E-state index in [-0.39, 0.29) is 0 Å². The van der Waals surface area contributed by atoms with E-state index in [4.69, 9.17) is 18.9 Å². The van der Waals surface area contributed by atoms with Crippen molar-refractivity contribution in [2.75, 3.05) is 26.4 Å². The minimum absolute atomic E-state index is 0.551. The molecule has 4 aromatic heterocycles. The number of hydrogen-bond acceptors (Lipinski definition) is 4. The van der Waals surface area contributed by atoms with Gasteiger partial charge in [-0.05, 0) is 58.7 Å². The quantitative estimate of drug-likeness (QED) is 0.0863. The maximum absolute atomic E-state index is 10.7. The van der Waals surface area contributed by atoms with Crippen molar-refractivity contribution in [1.82, 2.24) is 0 Å². The van der Waals surface area contributed by atoms with Gasteiger partial charge in [0.25, 0.3) is 0 Å². The van der Waals surface area contributed by atoms with E-state index in [0.717, 1.165) is 59.9 Å². The molecule has 12 heterocycles. The van der Waals surface area contributed by atoms with Gasteiger partial charge in [0, 0.05) is 59.3 Å². The van der Waals surface area contributed by atoms with Crippen molar-refractivity contribution < 1.29 is 138 Å². The third kappa shape index (κ3) is 36.1. The minimum atomic E-state index is -10.7. The van der Waals surface area contributed by atoms with Crippen LogP contribution in [0.4, 0.5) is 101 Å². The Balaban J connectivity index is 0.000000404. The summed E-state index contributed by atoms with van der Waals surface area (Å²) >= 11 is 0. The third-order valence-corrected chi connectivity index (χ3v) is 9.35. The van der Waals surface area contributed by atoms with Crippen LogP contribution < -0.4 is 37.2 Å². The molecule has 36 heteroatoms. The van der Waals surface area contributed by atoms with Crippen molar-refractivity contribution in [1.29, 1.82) is 0 Å². The van der Waals surface area contributed by atoms with Crippen LogP contribution in [0.5, 0.6) is 23.0 Å². The van der Waals surface area contributed by atoms with Crippen LogP contribution in [0.1, 0.15) is 0 Å². The largest absolute Gasteiger partial charge is 0.487 e. The van der Waals surface area contributed by atoms with Crippen LogP contribution in [0.2, 0.25) is 0 Å². The molecule has 0 atom stereocenters. The second-order valence-electron chi connectivity index (χ2n) is 16.6. The Morgan fingerprint density at radius 1 is 0.250 bits per heavy atom. The number of rotatable bonds is 0. The van der Waals surface area contributed by atoms with Crippen LogP contribution in [0.3, 0.4) is 0 Å². The fourth-order valence-corrected chi connectivity index (χ4v) is 6.39. The molecule has 3 aromatic carbocycles. The monoisotopic (exact) mass is 1270 g/mol. The Kier molecular flexibility index (Phi) is 17.3. The van der Waals surface area contributed by atoms with E-state index in [2.05, 4.69) is 129 Å². The van der Waals surface area contributed by atoms with Crippen molar-refractivity contribution in [2.24, 2.45) is 0 Å². The maximum atomic E-state index is 9.87. The number of fused-ring (bicyclic) bond motifs is 1. The zero-order valence-electron chi connectivity index (χ0n) is 39.9. The first-order chi connectivity index (χ1) is 35.5. The first-order valence-corrected chi connectivity index (χ1v) is 30.0. The summed E-state index contributed by atoms with van der Waals surface area (Å²) in [5.41, 5.74) is 4.67. The molecule has 80 heavy (non-hydrogen) atoms. The van der Waals surface area contributed by atoms with Gasteiger partial charge in [0.1, 0.15) is 49.4 Å². The van der Waals surface area contributed by atoms with Crippen LogP contribution >= 0.6 is 31.2 Å². The van der Waals surface area contributed by atoms with Crippen molar-refractivity contribution in [3.63, 3.8) is 0 Å². The molecule has 0 N–H and O–H groups in total. The molecule has 8 aliphatic rings. The molecular weight excluding hydrogens is 1230 g/mol. The summed E-state index contributed by atoms with van der Waals surface area (Å²) in [6.07, 6.45) is 16.8. The van der Waals surface area contributed by atoms with Gasteiger partial charge >= 0.3 is 132 Å². The second-order valence-corrected chi connectivity index (χ2v) is 24.3. The standard InChI is InChI=1S/C44H42N4O4.4F6P/c1-3-41-42-4-2-6-44(41)52-34-30-48-25-17-38(18-26-48)36-13-21-46(22-14-36)28-32-50-40-9-7-39(8-10-40)49-31-27-45-19-11-35(12-20-45)37-15-23-47(24-16-37)29-33-51-43(42)5-1;4*1-7(2,3,4,5)6/h1-26H,27-34H2;;;;/q+4;4*-1. The van der Waals surface area contributed by atoms with Gasteiger partial charge in [-0.15, -0.1) is 0 Å². The second kappa shape index (κ2) is 20.9. The van der Waals surface area contributed by atoms with E-state index in [1.807, 2.05) is 48.5 Å². The Bertz CT molecular complexity index is 2880. The number of pyridine rings is 4. The van der Waals surface area contributed by atoms with Crippen molar-refractivity contribution in [3.8, 4) is 45.3 Å². The van der Waals surface area contributed by atoms with E-state index in [9.17, 15) is 101 Å². The van der Waals surface area contributed by atoms with Gasteiger partial charge in [-0.3, -0.25) is 0 Å². The number of aromatic nitrogens is 4. The first-order valence-electron chi connectivity index (χ1n) is 21.9. The minimum Gasteiger partial charge on any atom is -0.487 e. The predicted molar refractivity (Wildman–Crippen MR) is 251 cm³/mol. The number of nitrogens with zero attached hydrogens (tertiary/aromatic N) is 4. The molecule has 0 unspecified atom stereocenters.